The van der Waals surface area contributed by atoms with Crippen molar-refractivity contribution >= 4 is 6.08 Å². The molecule has 0 aliphatic rings. The Bertz CT molecular complexity index is 278. The number of hydrogen-bond donors (Lipinski definition) is 0. The molecule has 0 nitrogen and oxygen atoms in total. The van der Waals surface area contributed by atoms with Crippen LogP contribution in [0.1, 0.15) is 19.4 Å². The molecule has 0 saturated carbocycles. The van der Waals surface area contributed by atoms with Crippen LogP contribution < -0.4 is 0 Å². The quantitative estimate of drug-likeness (QED) is 0.606. The van der Waals surface area contributed by atoms with Crippen LogP contribution in [-0.2, 0) is 0 Å². The lowest BCUT2D eigenvalue weighted by Gasteiger charge is -1.90. The van der Waals surface area contributed by atoms with Crippen LogP contribution >= 0.6 is 0 Å². The van der Waals surface area contributed by atoms with Gasteiger partial charge in [-0.15, -0.1) is 0 Å². The maximum Gasteiger partial charge on any atom is -0.0257 e. The van der Waals surface area contributed by atoms with Gasteiger partial charge in [0.2, 0.25) is 0 Å². The molecule has 1 aromatic carbocycles. The maximum atomic E-state index is 2.18. The first-order chi connectivity index (χ1) is 6.29. The lowest BCUT2D eigenvalue weighted by atomic mass is 10.2. The molecule has 0 atom stereocenters. The topological polar surface area (TPSA) is 0 Å². The molecule has 0 aliphatic heterocycles. The van der Waals surface area contributed by atoms with E-state index in [4.69, 9.17) is 0 Å². The molecular formula is C13H16. The third-order valence-corrected chi connectivity index (χ3v) is 1.70. The molecular weight excluding hydrogens is 156 g/mol. The van der Waals surface area contributed by atoms with Gasteiger partial charge in [0.1, 0.15) is 0 Å². The molecule has 0 aliphatic carbocycles. The fourth-order valence-corrected chi connectivity index (χ4v) is 1.02. The van der Waals surface area contributed by atoms with E-state index in [9.17, 15) is 0 Å². The first-order valence-electron chi connectivity index (χ1n) is 4.69. The molecule has 0 saturated heterocycles. The Morgan fingerprint density at radius 1 is 1.00 bits per heavy atom. The summed E-state index contributed by atoms with van der Waals surface area (Å²) in [4.78, 5) is 0. The summed E-state index contributed by atoms with van der Waals surface area (Å²) in [5.74, 6) is 0.625. The van der Waals surface area contributed by atoms with Gasteiger partial charge in [-0.3, -0.25) is 0 Å². The van der Waals surface area contributed by atoms with Crippen molar-refractivity contribution in [3.63, 3.8) is 0 Å². The lowest BCUT2D eigenvalue weighted by Crippen LogP contribution is -1.74. The van der Waals surface area contributed by atoms with E-state index in [0.717, 1.165) is 0 Å². The molecule has 1 rings (SSSR count). The van der Waals surface area contributed by atoms with Crippen molar-refractivity contribution in [3.8, 4) is 0 Å². The van der Waals surface area contributed by atoms with Crippen molar-refractivity contribution in [2.75, 3.05) is 0 Å². The number of benzene rings is 1. The van der Waals surface area contributed by atoms with Gasteiger partial charge in [-0.05, 0) is 11.5 Å². The van der Waals surface area contributed by atoms with Crippen molar-refractivity contribution < 1.29 is 0 Å². The predicted molar refractivity (Wildman–Crippen MR) is 59.5 cm³/mol. The van der Waals surface area contributed by atoms with E-state index in [1.54, 1.807) is 0 Å². The molecule has 0 unspecified atom stereocenters. The standard InChI is InChI=1S/C13H16/c1-12(2)8-6-7-11-13-9-4-3-5-10-13/h3-12H,1-2H3/b8-6-,11-7+. The van der Waals surface area contributed by atoms with E-state index in [0.29, 0.717) is 5.92 Å². The van der Waals surface area contributed by atoms with Gasteiger partial charge in [0.05, 0.1) is 0 Å². The van der Waals surface area contributed by atoms with Crippen LogP contribution in [-0.4, -0.2) is 0 Å². The molecule has 0 amide bonds. The fourth-order valence-electron chi connectivity index (χ4n) is 1.02. The van der Waals surface area contributed by atoms with E-state index in [-0.39, 0.29) is 0 Å². The highest BCUT2D eigenvalue weighted by atomic mass is 13.9. The second kappa shape index (κ2) is 5.36. The fraction of sp³-hybridized carbons (Fsp3) is 0.231. The SMILES string of the molecule is CC(C)/C=C\C=C\c1ccccc1. The third kappa shape index (κ3) is 4.32. The molecule has 0 fully saturated rings. The largest absolute Gasteiger partial charge is 0.0820 e. The van der Waals surface area contributed by atoms with Crippen LogP contribution in [0.4, 0.5) is 0 Å². The highest BCUT2D eigenvalue weighted by Crippen LogP contribution is 2.01. The Hall–Kier alpha value is -1.30. The van der Waals surface area contributed by atoms with Gasteiger partial charge in [0.25, 0.3) is 0 Å². The van der Waals surface area contributed by atoms with Crippen LogP contribution in [0.5, 0.6) is 0 Å². The van der Waals surface area contributed by atoms with Gasteiger partial charge in [-0.25, -0.2) is 0 Å². The minimum absolute atomic E-state index is 0.625. The molecule has 0 heterocycles. The molecule has 0 aromatic heterocycles. The molecule has 13 heavy (non-hydrogen) atoms. The van der Waals surface area contributed by atoms with Crippen molar-refractivity contribution in [3.05, 3.63) is 54.1 Å². The molecule has 1 aromatic rings. The maximum absolute atomic E-state index is 2.18. The van der Waals surface area contributed by atoms with Crippen LogP contribution in [0.25, 0.3) is 6.08 Å². The van der Waals surface area contributed by atoms with E-state index >= 15 is 0 Å². The first kappa shape index (κ1) is 9.79. The van der Waals surface area contributed by atoms with Gasteiger partial charge in [0, 0.05) is 0 Å². The normalized spacial score (nSPS) is 11.9. The smallest absolute Gasteiger partial charge is 0.0257 e. The van der Waals surface area contributed by atoms with E-state index in [2.05, 4.69) is 50.3 Å². The van der Waals surface area contributed by atoms with Crippen LogP contribution in [0.3, 0.4) is 0 Å². The molecule has 0 N–H and O–H groups in total. The van der Waals surface area contributed by atoms with Gasteiger partial charge in [0.15, 0.2) is 0 Å². The second-order valence-electron chi connectivity index (χ2n) is 3.40. The summed E-state index contributed by atoms with van der Waals surface area (Å²) in [6.07, 6.45) is 8.46. The monoisotopic (exact) mass is 172 g/mol. The van der Waals surface area contributed by atoms with Crippen LogP contribution in [0.2, 0.25) is 0 Å². The summed E-state index contributed by atoms with van der Waals surface area (Å²) >= 11 is 0. The minimum atomic E-state index is 0.625. The van der Waals surface area contributed by atoms with Crippen molar-refractivity contribution in [2.24, 2.45) is 5.92 Å². The van der Waals surface area contributed by atoms with E-state index in [1.165, 1.54) is 5.56 Å². The van der Waals surface area contributed by atoms with Gasteiger partial charge in [-0.1, -0.05) is 68.5 Å². The molecule has 0 bridgehead atoms. The summed E-state index contributed by atoms with van der Waals surface area (Å²) in [5, 5.41) is 0. The highest BCUT2D eigenvalue weighted by molar-refractivity contribution is 5.50. The van der Waals surface area contributed by atoms with Crippen molar-refractivity contribution in [1.82, 2.24) is 0 Å². The zero-order valence-corrected chi connectivity index (χ0v) is 8.27. The number of rotatable bonds is 3. The zero-order valence-electron chi connectivity index (χ0n) is 8.27. The highest BCUT2D eigenvalue weighted by Gasteiger charge is 1.81. The summed E-state index contributed by atoms with van der Waals surface area (Å²) in [5.41, 5.74) is 1.25. The van der Waals surface area contributed by atoms with Gasteiger partial charge >= 0.3 is 0 Å². The molecule has 0 spiro atoms. The number of hydrogen-bond acceptors (Lipinski definition) is 0. The minimum Gasteiger partial charge on any atom is -0.0820 e. The first-order valence-corrected chi connectivity index (χ1v) is 4.69. The predicted octanol–water partition coefficient (Wildman–Crippen LogP) is 3.91. The second-order valence-corrected chi connectivity index (χ2v) is 3.40. The summed E-state index contributed by atoms with van der Waals surface area (Å²) in [6.45, 7) is 4.35. The van der Waals surface area contributed by atoms with E-state index < -0.39 is 0 Å². The average Bonchev–Trinajstić information content (AvgIpc) is 2.14. The molecule has 68 valence electrons. The zero-order chi connectivity index (χ0) is 9.52. The third-order valence-electron chi connectivity index (χ3n) is 1.70. The van der Waals surface area contributed by atoms with Gasteiger partial charge in [-0.2, -0.15) is 0 Å². The van der Waals surface area contributed by atoms with Crippen molar-refractivity contribution in [2.45, 2.75) is 13.8 Å². The Morgan fingerprint density at radius 2 is 1.69 bits per heavy atom. The Labute approximate surface area is 80.6 Å². The lowest BCUT2D eigenvalue weighted by molar-refractivity contribution is 0.832. The summed E-state index contributed by atoms with van der Waals surface area (Å²) in [6, 6.07) is 10.3. The summed E-state index contributed by atoms with van der Waals surface area (Å²) < 4.78 is 0. The average molecular weight is 172 g/mol. The van der Waals surface area contributed by atoms with Gasteiger partial charge < -0.3 is 0 Å². The molecule has 0 radical (unpaired) electrons. The molecule has 0 heteroatoms. The Balaban J connectivity index is 2.50. The van der Waals surface area contributed by atoms with Crippen LogP contribution in [0.15, 0.2) is 48.6 Å². The van der Waals surface area contributed by atoms with E-state index in [1.807, 2.05) is 18.2 Å². The summed E-state index contributed by atoms with van der Waals surface area (Å²) in [7, 11) is 0. The Kier molecular flexibility index (Phi) is 4.04. The number of allylic oxidation sites excluding steroid dienone is 3. The van der Waals surface area contributed by atoms with Crippen molar-refractivity contribution in [1.29, 1.82) is 0 Å². The van der Waals surface area contributed by atoms with Crippen LogP contribution in [0, 0.1) is 5.92 Å². The Morgan fingerprint density at radius 3 is 2.31 bits per heavy atom.